The third-order valence-electron chi connectivity index (χ3n) is 5.04. The van der Waals surface area contributed by atoms with E-state index < -0.39 is 0 Å². The lowest BCUT2D eigenvalue weighted by Crippen LogP contribution is -2.45. The van der Waals surface area contributed by atoms with E-state index in [4.69, 9.17) is 9.47 Å². The van der Waals surface area contributed by atoms with Crippen molar-refractivity contribution in [2.75, 3.05) is 53.1 Å². The molecule has 1 N–H and O–H groups in total. The molecule has 1 aromatic rings. The Balaban J connectivity index is 1.28. The standard InChI is InChI=1S/C19H31N3O2/c1-16(20-8-3-9-22-12-10-21(2)11-13-22)4-5-17-6-7-18-19(14-17)24-15-23-18/h6-7,14,16,20H,3-5,8-13,15H2,1-2H3. The van der Waals surface area contributed by atoms with Crippen molar-refractivity contribution in [2.24, 2.45) is 0 Å². The molecule has 0 radical (unpaired) electrons. The molecule has 0 aliphatic carbocycles. The van der Waals surface area contributed by atoms with Crippen LogP contribution < -0.4 is 14.8 Å². The zero-order valence-electron chi connectivity index (χ0n) is 15.1. The second kappa shape index (κ2) is 8.70. The Morgan fingerprint density at radius 1 is 1.12 bits per heavy atom. The van der Waals surface area contributed by atoms with Crippen LogP contribution in [0.1, 0.15) is 25.3 Å². The van der Waals surface area contributed by atoms with Gasteiger partial charge in [-0.2, -0.15) is 0 Å². The molecule has 24 heavy (non-hydrogen) atoms. The maximum Gasteiger partial charge on any atom is 0.231 e. The summed E-state index contributed by atoms with van der Waals surface area (Å²) in [4.78, 5) is 4.99. The van der Waals surface area contributed by atoms with E-state index in [1.807, 2.05) is 6.07 Å². The highest BCUT2D eigenvalue weighted by Crippen LogP contribution is 2.32. The van der Waals surface area contributed by atoms with Gasteiger partial charge in [-0.25, -0.2) is 0 Å². The van der Waals surface area contributed by atoms with Gasteiger partial charge in [-0.15, -0.1) is 0 Å². The molecule has 5 heteroatoms. The van der Waals surface area contributed by atoms with E-state index >= 15 is 0 Å². The predicted octanol–water partition coefficient (Wildman–Crippen LogP) is 1.96. The van der Waals surface area contributed by atoms with Crippen LogP contribution in [0.4, 0.5) is 0 Å². The van der Waals surface area contributed by atoms with Gasteiger partial charge in [0, 0.05) is 32.2 Å². The van der Waals surface area contributed by atoms with Crippen LogP contribution in [0.3, 0.4) is 0 Å². The number of benzene rings is 1. The first-order valence-electron chi connectivity index (χ1n) is 9.23. The summed E-state index contributed by atoms with van der Waals surface area (Å²) in [5.74, 6) is 1.76. The van der Waals surface area contributed by atoms with E-state index in [0.717, 1.165) is 30.9 Å². The quantitative estimate of drug-likeness (QED) is 0.736. The predicted molar refractivity (Wildman–Crippen MR) is 96.9 cm³/mol. The Morgan fingerprint density at radius 3 is 2.75 bits per heavy atom. The van der Waals surface area contributed by atoms with Crippen molar-refractivity contribution in [3.8, 4) is 11.5 Å². The summed E-state index contributed by atoms with van der Waals surface area (Å²) in [6, 6.07) is 6.82. The SMILES string of the molecule is CC(CCc1ccc2c(c1)OCO2)NCCCN1CCN(C)CC1. The van der Waals surface area contributed by atoms with Gasteiger partial charge in [0.1, 0.15) is 0 Å². The lowest BCUT2D eigenvalue weighted by Gasteiger charge is -2.32. The van der Waals surface area contributed by atoms with Crippen LogP contribution in [0.25, 0.3) is 0 Å². The molecule has 0 spiro atoms. The van der Waals surface area contributed by atoms with Crippen LogP contribution in [0.5, 0.6) is 11.5 Å². The highest BCUT2D eigenvalue weighted by Gasteiger charge is 2.14. The van der Waals surface area contributed by atoms with E-state index in [1.54, 1.807) is 0 Å². The second-order valence-corrected chi connectivity index (χ2v) is 7.08. The second-order valence-electron chi connectivity index (χ2n) is 7.08. The molecule has 2 aliphatic rings. The summed E-state index contributed by atoms with van der Waals surface area (Å²) in [5.41, 5.74) is 1.32. The molecule has 1 saturated heterocycles. The van der Waals surface area contributed by atoms with E-state index in [0.29, 0.717) is 12.8 Å². The van der Waals surface area contributed by atoms with Gasteiger partial charge in [0.05, 0.1) is 0 Å². The number of nitrogens with one attached hydrogen (secondary N) is 1. The van der Waals surface area contributed by atoms with Gasteiger partial charge in [-0.3, -0.25) is 0 Å². The lowest BCUT2D eigenvalue weighted by molar-refractivity contribution is 0.152. The minimum atomic E-state index is 0.351. The molecule has 5 nitrogen and oxygen atoms in total. The van der Waals surface area contributed by atoms with Gasteiger partial charge in [-0.05, 0) is 64.0 Å². The van der Waals surface area contributed by atoms with Crippen LogP contribution in [0, 0.1) is 0 Å². The topological polar surface area (TPSA) is 37.0 Å². The number of rotatable bonds is 8. The zero-order chi connectivity index (χ0) is 16.8. The molecule has 1 unspecified atom stereocenters. The van der Waals surface area contributed by atoms with Crippen LogP contribution in [0.15, 0.2) is 18.2 Å². The molecule has 2 aliphatic heterocycles. The number of piperazine rings is 1. The molecule has 3 rings (SSSR count). The molecule has 1 atom stereocenters. The van der Waals surface area contributed by atoms with Gasteiger partial charge in [-0.1, -0.05) is 6.07 Å². The number of nitrogens with zero attached hydrogens (tertiary/aromatic N) is 2. The third-order valence-corrected chi connectivity index (χ3v) is 5.04. The van der Waals surface area contributed by atoms with Gasteiger partial charge in [0.15, 0.2) is 11.5 Å². The van der Waals surface area contributed by atoms with E-state index in [2.05, 4.69) is 41.2 Å². The van der Waals surface area contributed by atoms with Crippen LogP contribution in [0.2, 0.25) is 0 Å². The average Bonchev–Trinajstić information content (AvgIpc) is 3.06. The van der Waals surface area contributed by atoms with Crippen LogP contribution >= 0.6 is 0 Å². The lowest BCUT2D eigenvalue weighted by atomic mass is 10.1. The van der Waals surface area contributed by atoms with Crippen molar-refractivity contribution < 1.29 is 9.47 Å². The summed E-state index contributed by atoms with van der Waals surface area (Å²) in [7, 11) is 2.21. The van der Waals surface area contributed by atoms with E-state index in [-0.39, 0.29) is 0 Å². The fraction of sp³-hybridized carbons (Fsp3) is 0.684. The number of ether oxygens (including phenoxy) is 2. The number of hydrogen-bond donors (Lipinski definition) is 1. The summed E-state index contributed by atoms with van der Waals surface area (Å²) < 4.78 is 10.8. The van der Waals surface area contributed by atoms with E-state index in [1.165, 1.54) is 44.7 Å². The number of fused-ring (bicyclic) bond motifs is 1. The Bertz CT molecular complexity index is 515. The van der Waals surface area contributed by atoms with Crippen molar-refractivity contribution in [1.82, 2.24) is 15.1 Å². The van der Waals surface area contributed by atoms with Crippen LogP contribution in [-0.4, -0.2) is 69.0 Å². The van der Waals surface area contributed by atoms with Gasteiger partial charge >= 0.3 is 0 Å². The average molecular weight is 333 g/mol. The monoisotopic (exact) mass is 333 g/mol. The number of aryl methyl sites for hydroxylation is 1. The molecule has 2 heterocycles. The molecular weight excluding hydrogens is 302 g/mol. The minimum Gasteiger partial charge on any atom is -0.454 e. The number of hydrogen-bond acceptors (Lipinski definition) is 5. The van der Waals surface area contributed by atoms with Crippen molar-refractivity contribution >= 4 is 0 Å². The molecule has 0 aromatic heterocycles. The summed E-state index contributed by atoms with van der Waals surface area (Å²) in [6.07, 6.45) is 3.45. The van der Waals surface area contributed by atoms with Gasteiger partial charge in [0.2, 0.25) is 6.79 Å². The number of likely N-dealkylation sites (N-methyl/N-ethyl adjacent to an activating group) is 1. The fourth-order valence-electron chi connectivity index (χ4n) is 3.30. The van der Waals surface area contributed by atoms with Crippen molar-refractivity contribution in [3.05, 3.63) is 23.8 Å². The van der Waals surface area contributed by atoms with Gasteiger partial charge < -0.3 is 24.6 Å². The molecule has 1 fully saturated rings. The fourth-order valence-corrected chi connectivity index (χ4v) is 3.30. The largest absolute Gasteiger partial charge is 0.454 e. The maximum atomic E-state index is 5.44. The van der Waals surface area contributed by atoms with Gasteiger partial charge in [0.25, 0.3) is 0 Å². The Morgan fingerprint density at radius 2 is 1.92 bits per heavy atom. The van der Waals surface area contributed by atoms with Crippen LogP contribution in [-0.2, 0) is 6.42 Å². The first kappa shape index (κ1) is 17.5. The van der Waals surface area contributed by atoms with Crippen molar-refractivity contribution in [3.63, 3.8) is 0 Å². The highest BCUT2D eigenvalue weighted by molar-refractivity contribution is 5.44. The van der Waals surface area contributed by atoms with Crippen molar-refractivity contribution in [2.45, 2.75) is 32.2 Å². The smallest absolute Gasteiger partial charge is 0.231 e. The Labute approximate surface area is 145 Å². The highest BCUT2D eigenvalue weighted by atomic mass is 16.7. The molecular formula is C19H31N3O2. The molecule has 0 bridgehead atoms. The minimum absolute atomic E-state index is 0.351. The maximum absolute atomic E-state index is 5.44. The Kier molecular flexibility index (Phi) is 6.35. The molecule has 0 amide bonds. The summed E-state index contributed by atoms with van der Waals surface area (Å²) in [5, 5.41) is 3.66. The Hall–Kier alpha value is -1.30. The van der Waals surface area contributed by atoms with E-state index in [9.17, 15) is 0 Å². The van der Waals surface area contributed by atoms with Crippen molar-refractivity contribution in [1.29, 1.82) is 0 Å². The molecule has 134 valence electrons. The first-order valence-corrected chi connectivity index (χ1v) is 9.23. The zero-order valence-corrected chi connectivity index (χ0v) is 15.1. The first-order chi connectivity index (χ1) is 11.7. The molecule has 0 saturated carbocycles. The normalized spacial score (nSPS) is 19.6. The summed E-state index contributed by atoms with van der Waals surface area (Å²) >= 11 is 0. The summed E-state index contributed by atoms with van der Waals surface area (Å²) in [6.45, 7) is 9.81. The molecule has 1 aromatic carbocycles. The third kappa shape index (κ3) is 5.10.